The van der Waals surface area contributed by atoms with Crippen LogP contribution in [0.5, 0.6) is 0 Å². The zero-order valence-corrected chi connectivity index (χ0v) is 18.0. The summed E-state index contributed by atoms with van der Waals surface area (Å²) in [4.78, 5) is 22.3. The van der Waals surface area contributed by atoms with Gasteiger partial charge in [0.05, 0.1) is 23.6 Å². The highest BCUT2D eigenvalue weighted by Gasteiger charge is 2.09. The highest BCUT2D eigenvalue weighted by molar-refractivity contribution is 5.93. The van der Waals surface area contributed by atoms with Crippen LogP contribution in [0.1, 0.15) is 42.4 Å². The lowest BCUT2D eigenvalue weighted by atomic mass is 10.1. The minimum Gasteiger partial charge on any atom is -0.379 e. The van der Waals surface area contributed by atoms with Crippen LogP contribution in [0.4, 0.5) is 0 Å². The molecule has 0 saturated carbocycles. The summed E-state index contributed by atoms with van der Waals surface area (Å²) in [5.74, 6) is -0.269. The molecule has 0 atom stereocenters. The number of aliphatic imine (C=N–C) groups is 1. The number of hydrogen-bond acceptors (Lipinski definition) is 6. The lowest BCUT2D eigenvalue weighted by molar-refractivity contribution is -0.117. The number of aromatic nitrogens is 3. The standard InChI is InChI=1S/C23H30N6O/c1-5-10-19-15-20(28-27-18(19)2)11-7-9-14-29(4)17-22(24-3)23(30)26-16-21-12-6-8-13-25-21/h5-6,8,10,12-13,15,17H,3,7,9,11,14,16H2,1-2,4H3,(H,26,30)/b10-5-,22-17-. The Balaban J connectivity index is 1.79. The molecule has 2 aromatic rings. The Bertz CT molecular complexity index is 892. The van der Waals surface area contributed by atoms with Crippen molar-refractivity contribution in [2.24, 2.45) is 4.99 Å². The Hall–Kier alpha value is -3.35. The maximum atomic E-state index is 12.3. The van der Waals surface area contributed by atoms with E-state index in [1.165, 1.54) is 0 Å². The van der Waals surface area contributed by atoms with Crippen molar-refractivity contribution in [2.75, 3.05) is 13.6 Å². The van der Waals surface area contributed by atoms with Crippen molar-refractivity contribution in [1.29, 1.82) is 0 Å². The second-order valence-electron chi connectivity index (χ2n) is 6.99. The minimum absolute atomic E-state index is 0.269. The summed E-state index contributed by atoms with van der Waals surface area (Å²) in [6.07, 6.45) is 10.3. The number of hydrogen-bond donors (Lipinski definition) is 1. The summed E-state index contributed by atoms with van der Waals surface area (Å²) < 4.78 is 0. The highest BCUT2D eigenvalue weighted by atomic mass is 16.2. The van der Waals surface area contributed by atoms with Gasteiger partial charge in [-0.15, -0.1) is 0 Å². The molecule has 0 aliphatic rings. The van der Waals surface area contributed by atoms with Gasteiger partial charge in [-0.1, -0.05) is 18.2 Å². The zero-order valence-electron chi connectivity index (χ0n) is 18.0. The third-order valence-electron chi connectivity index (χ3n) is 4.51. The van der Waals surface area contributed by atoms with Crippen LogP contribution >= 0.6 is 0 Å². The number of pyridine rings is 1. The zero-order chi connectivity index (χ0) is 21.8. The third-order valence-corrected chi connectivity index (χ3v) is 4.51. The predicted octanol–water partition coefficient (Wildman–Crippen LogP) is 3.33. The van der Waals surface area contributed by atoms with Crippen LogP contribution in [0.2, 0.25) is 0 Å². The van der Waals surface area contributed by atoms with E-state index in [0.29, 0.717) is 6.54 Å². The Kier molecular flexibility index (Phi) is 9.37. The molecule has 0 spiro atoms. The molecule has 0 radical (unpaired) electrons. The Morgan fingerprint density at radius 1 is 1.27 bits per heavy atom. The fraction of sp³-hybridized carbons (Fsp3) is 0.348. The van der Waals surface area contributed by atoms with Gasteiger partial charge in [0.2, 0.25) is 0 Å². The van der Waals surface area contributed by atoms with E-state index in [1.807, 2.05) is 50.1 Å². The number of aryl methyl sites for hydroxylation is 2. The number of nitrogens with one attached hydrogen (secondary N) is 1. The molecule has 0 aromatic carbocycles. The fourth-order valence-electron chi connectivity index (χ4n) is 2.86. The quantitative estimate of drug-likeness (QED) is 0.352. The number of allylic oxidation sites excluding steroid dienone is 1. The molecule has 2 aromatic heterocycles. The summed E-state index contributed by atoms with van der Waals surface area (Å²) in [5.41, 5.74) is 4.12. The number of amides is 1. The summed E-state index contributed by atoms with van der Waals surface area (Å²) in [7, 11) is 1.92. The van der Waals surface area contributed by atoms with Crippen molar-refractivity contribution in [2.45, 2.75) is 39.7 Å². The Morgan fingerprint density at radius 2 is 2.10 bits per heavy atom. The summed E-state index contributed by atoms with van der Waals surface area (Å²) in [6, 6.07) is 7.67. The molecule has 0 aliphatic carbocycles. The lowest BCUT2D eigenvalue weighted by Crippen LogP contribution is -2.26. The van der Waals surface area contributed by atoms with Gasteiger partial charge in [-0.25, -0.2) is 0 Å². The van der Waals surface area contributed by atoms with E-state index >= 15 is 0 Å². The largest absolute Gasteiger partial charge is 0.379 e. The Labute approximate surface area is 178 Å². The van der Waals surface area contributed by atoms with Crippen LogP contribution in [-0.2, 0) is 17.8 Å². The molecule has 0 saturated heterocycles. The molecular weight excluding hydrogens is 376 g/mol. The Morgan fingerprint density at radius 3 is 2.80 bits per heavy atom. The van der Waals surface area contributed by atoms with Gasteiger partial charge in [-0.2, -0.15) is 10.2 Å². The van der Waals surface area contributed by atoms with Crippen molar-refractivity contribution in [1.82, 2.24) is 25.4 Å². The summed E-state index contributed by atoms with van der Waals surface area (Å²) >= 11 is 0. The third kappa shape index (κ3) is 7.58. The predicted molar refractivity (Wildman–Crippen MR) is 121 cm³/mol. The number of carbonyl (C=O) groups is 1. The van der Waals surface area contributed by atoms with Gasteiger partial charge >= 0.3 is 0 Å². The lowest BCUT2D eigenvalue weighted by Gasteiger charge is -2.15. The summed E-state index contributed by atoms with van der Waals surface area (Å²) in [6.45, 7) is 8.62. The molecule has 0 bridgehead atoms. The average molecular weight is 407 g/mol. The van der Waals surface area contributed by atoms with Gasteiger partial charge in [0.25, 0.3) is 5.91 Å². The first kappa shape index (κ1) is 22.9. The van der Waals surface area contributed by atoms with Gasteiger partial charge in [0, 0.05) is 26.0 Å². The molecule has 2 rings (SSSR count). The van der Waals surface area contributed by atoms with Crippen molar-refractivity contribution >= 4 is 18.7 Å². The van der Waals surface area contributed by atoms with Crippen molar-refractivity contribution in [3.63, 3.8) is 0 Å². The van der Waals surface area contributed by atoms with E-state index in [-0.39, 0.29) is 11.6 Å². The molecule has 7 nitrogen and oxygen atoms in total. The van der Waals surface area contributed by atoms with Gasteiger partial charge < -0.3 is 10.2 Å². The second kappa shape index (κ2) is 12.3. The molecule has 2 heterocycles. The van der Waals surface area contributed by atoms with Gasteiger partial charge in [-0.3, -0.25) is 14.8 Å². The number of unbranched alkanes of at least 4 members (excludes halogenated alkanes) is 1. The van der Waals surface area contributed by atoms with E-state index in [4.69, 9.17) is 0 Å². The first-order valence-electron chi connectivity index (χ1n) is 10.1. The van der Waals surface area contributed by atoms with E-state index in [9.17, 15) is 4.79 Å². The SMILES string of the molecule is C=N/C(=C\N(C)CCCCc1cc(/C=C\C)c(C)nn1)C(=O)NCc1ccccn1. The first-order valence-corrected chi connectivity index (χ1v) is 10.1. The van der Waals surface area contributed by atoms with Crippen LogP contribution in [0.3, 0.4) is 0 Å². The monoisotopic (exact) mass is 406 g/mol. The molecule has 1 N–H and O–H groups in total. The topological polar surface area (TPSA) is 83.4 Å². The van der Waals surface area contributed by atoms with Crippen LogP contribution in [0.25, 0.3) is 6.08 Å². The van der Waals surface area contributed by atoms with Crippen molar-refractivity contribution in [3.05, 3.63) is 71.1 Å². The van der Waals surface area contributed by atoms with Crippen LogP contribution in [0.15, 0.2) is 53.4 Å². The van der Waals surface area contributed by atoms with Gasteiger partial charge in [0.15, 0.2) is 0 Å². The maximum Gasteiger partial charge on any atom is 0.271 e. The first-order chi connectivity index (χ1) is 14.5. The molecule has 30 heavy (non-hydrogen) atoms. The van der Waals surface area contributed by atoms with E-state index in [0.717, 1.165) is 48.5 Å². The average Bonchev–Trinajstić information content (AvgIpc) is 2.76. The van der Waals surface area contributed by atoms with E-state index < -0.39 is 0 Å². The summed E-state index contributed by atoms with van der Waals surface area (Å²) in [5, 5.41) is 11.3. The van der Waals surface area contributed by atoms with E-state index in [1.54, 1.807) is 12.4 Å². The molecule has 0 aliphatic heterocycles. The van der Waals surface area contributed by atoms with Crippen LogP contribution in [0, 0.1) is 6.92 Å². The van der Waals surface area contributed by atoms with E-state index in [2.05, 4.69) is 44.4 Å². The van der Waals surface area contributed by atoms with Gasteiger partial charge in [-0.05, 0) is 63.6 Å². The normalized spacial score (nSPS) is 11.5. The minimum atomic E-state index is -0.269. The molecule has 158 valence electrons. The van der Waals surface area contributed by atoms with Gasteiger partial charge in [0.1, 0.15) is 5.70 Å². The number of carbonyl (C=O) groups excluding carboxylic acids is 1. The highest BCUT2D eigenvalue weighted by Crippen LogP contribution is 2.11. The second-order valence-corrected chi connectivity index (χ2v) is 6.99. The van der Waals surface area contributed by atoms with Crippen LogP contribution < -0.4 is 5.32 Å². The molecular formula is C23H30N6O. The molecule has 7 heteroatoms. The fourth-order valence-corrected chi connectivity index (χ4v) is 2.86. The van der Waals surface area contributed by atoms with Crippen LogP contribution in [-0.4, -0.2) is 46.3 Å². The molecule has 0 fully saturated rings. The maximum absolute atomic E-state index is 12.3. The van der Waals surface area contributed by atoms with Crippen molar-refractivity contribution < 1.29 is 4.79 Å². The molecule has 1 amide bonds. The smallest absolute Gasteiger partial charge is 0.271 e. The number of nitrogens with zero attached hydrogens (tertiary/aromatic N) is 5. The number of rotatable bonds is 11. The molecule has 0 unspecified atom stereocenters. The van der Waals surface area contributed by atoms with Crippen molar-refractivity contribution in [3.8, 4) is 0 Å².